The minimum absolute atomic E-state index is 1.06. The molecule has 1 aliphatic rings. The molecule has 0 aromatic heterocycles. The molecule has 0 heteroatoms. The zero-order valence-corrected chi connectivity index (χ0v) is 22.7. The van der Waals surface area contributed by atoms with Crippen LogP contribution >= 0.6 is 0 Å². The molecule has 0 saturated carbocycles. The molecule has 0 aliphatic heterocycles. The molecule has 1 aliphatic carbocycles. The van der Waals surface area contributed by atoms with Crippen LogP contribution in [0.1, 0.15) is 77.9 Å². The lowest BCUT2D eigenvalue weighted by atomic mass is 9.80. The molecule has 0 fully saturated rings. The van der Waals surface area contributed by atoms with Crippen molar-refractivity contribution >= 4 is 21.5 Å². The molecule has 0 saturated heterocycles. The van der Waals surface area contributed by atoms with Crippen molar-refractivity contribution in [3.05, 3.63) is 77.9 Å². The molecule has 0 radical (unpaired) electrons. The summed E-state index contributed by atoms with van der Waals surface area (Å²) in [6.07, 6.45) is 1.06. The van der Waals surface area contributed by atoms with Crippen molar-refractivity contribution in [3.63, 3.8) is 0 Å². The van der Waals surface area contributed by atoms with Crippen LogP contribution in [0.3, 0.4) is 0 Å². The number of aryl methyl sites for hydroxylation is 5. The molecular weight excluding hydrogens is 396 g/mol. The van der Waals surface area contributed by atoms with Crippen LogP contribution in [0.25, 0.3) is 32.7 Å². The summed E-state index contributed by atoms with van der Waals surface area (Å²) in [5.74, 6) is 0. The van der Waals surface area contributed by atoms with E-state index in [0.29, 0.717) is 0 Å². The number of hydrogen-bond donors (Lipinski definition) is 0. The van der Waals surface area contributed by atoms with E-state index >= 15 is 0 Å². The fourth-order valence-electron chi connectivity index (χ4n) is 7.09. The van der Waals surface area contributed by atoms with Gasteiger partial charge in [-0.2, -0.15) is 0 Å². The smallest absolute Gasteiger partial charge is 0.000424 e. The van der Waals surface area contributed by atoms with Gasteiger partial charge in [-0.1, -0.05) is 0 Å². The Bertz CT molecular complexity index is 1570. The molecule has 0 N–H and O–H groups in total. The fraction of sp³-hybridized carbons (Fsp3) is 0.394. The Balaban J connectivity index is 2.08. The van der Waals surface area contributed by atoms with Crippen molar-refractivity contribution in [2.75, 3.05) is 0 Å². The van der Waals surface area contributed by atoms with E-state index in [-0.39, 0.29) is 0 Å². The summed E-state index contributed by atoms with van der Waals surface area (Å²) in [6, 6.07) is 0. The zero-order valence-electron chi connectivity index (χ0n) is 22.7. The van der Waals surface area contributed by atoms with Gasteiger partial charge in [0.2, 0.25) is 0 Å². The van der Waals surface area contributed by atoms with Crippen LogP contribution in [-0.4, -0.2) is 0 Å². The number of hydrogen-bond acceptors (Lipinski definition) is 0. The topological polar surface area (TPSA) is 0 Å². The fourth-order valence-corrected chi connectivity index (χ4v) is 7.09. The SMILES string of the molecule is Cc1c(C)c(C)c2c(c1C)Cc1c-2c(C)c(C)c2c(C)c3c(C)c(C)c(C)c(C)c3c(C)c12. The number of rotatable bonds is 0. The highest BCUT2D eigenvalue weighted by Gasteiger charge is 2.31. The molecule has 5 rings (SSSR count). The third-order valence-electron chi connectivity index (χ3n) is 9.77. The summed E-state index contributed by atoms with van der Waals surface area (Å²) in [6.45, 7) is 28.0. The Kier molecular flexibility index (Phi) is 4.68. The van der Waals surface area contributed by atoms with Crippen LogP contribution in [0.15, 0.2) is 0 Å². The van der Waals surface area contributed by atoms with Crippen LogP contribution in [0.5, 0.6) is 0 Å². The van der Waals surface area contributed by atoms with Gasteiger partial charge in [-0.15, -0.1) is 0 Å². The van der Waals surface area contributed by atoms with Gasteiger partial charge < -0.3 is 0 Å². The van der Waals surface area contributed by atoms with Crippen LogP contribution < -0.4 is 0 Å². The first-order valence-electron chi connectivity index (χ1n) is 12.5. The normalized spacial score (nSPS) is 12.7. The minimum atomic E-state index is 1.06. The van der Waals surface area contributed by atoms with Gasteiger partial charge in [-0.3, -0.25) is 0 Å². The molecule has 0 amide bonds. The lowest BCUT2D eigenvalue weighted by Crippen LogP contribution is -2.03. The third-order valence-corrected chi connectivity index (χ3v) is 9.77. The van der Waals surface area contributed by atoms with E-state index < -0.39 is 0 Å². The maximum Gasteiger partial charge on any atom is -0.000424 e. The highest BCUT2D eigenvalue weighted by Crippen LogP contribution is 2.51. The Hall–Kier alpha value is -2.60. The summed E-state index contributed by atoms with van der Waals surface area (Å²) in [4.78, 5) is 0. The highest BCUT2D eigenvalue weighted by atomic mass is 14.3. The average Bonchev–Trinajstić information content (AvgIpc) is 3.18. The Morgan fingerprint density at radius 1 is 0.273 bits per heavy atom. The summed E-state index contributed by atoms with van der Waals surface area (Å²) in [5, 5.41) is 5.99. The van der Waals surface area contributed by atoms with Gasteiger partial charge in [0.1, 0.15) is 0 Å². The van der Waals surface area contributed by atoms with E-state index in [1.54, 1.807) is 11.1 Å². The van der Waals surface area contributed by atoms with Crippen molar-refractivity contribution < 1.29 is 0 Å². The molecule has 33 heavy (non-hydrogen) atoms. The average molecular weight is 435 g/mol. The van der Waals surface area contributed by atoms with Crippen LogP contribution in [0.2, 0.25) is 0 Å². The van der Waals surface area contributed by atoms with Crippen molar-refractivity contribution in [2.45, 2.75) is 89.5 Å². The monoisotopic (exact) mass is 434 g/mol. The molecule has 0 heterocycles. The highest BCUT2D eigenvalue weighted by molar-refractivity contribution is 6.13. The predicted octanol–water partition coefficient (Wildman–Crippen LogP) is 9.27. The number of fused-ring (bicyclic) bond motifs is 6. The third kappa shape index (κ3) is 2.53. The Morgan fingerprint density at radius 3 is 1.15 bits per heavy atom. The Labute approximate surface area is 200 Å². The predicted molar refractivity (Wildman–Crippen MR) is 147 cm³/mol. The standard InChI is InChI=1S/C33H38/c1-14-15(2)21(8)31-26(18(14)5)13-27-32(31)23(10)22(9)30-24(11)28-19(6)16(3)17(4)20(7)29(28)25(12)33(27)30/h13H2,1-12H3. The van der Waals surface area contributed by atoms with E-state index in [9.17, 15) is 0 Å². The van der Waals surface area contributed by atoms with Crippen LogP contribution in [0.4, 0.5) is 0 Å². The maximum absolute atomic E-state index is 2.39. The quantitative estimate of drug-likeness (QED) is 0.213. The second kappa shape index (κ2) is 6.95. The number of benzene rings is 4. The maximum atomic E-state index is 2.39. The lowest BCUT2D eigenvalue weighted by Gasteiger charge is -2.24. The summed E-state index contributed by atoms with van der Waals surface area (Å²) in [5.41, 5.74) is 23.8. The Morgan fingerprint density at radius 2 is 0.606 bits per heavy atom. The van der Waals surface area contributed by atoms with E-state index in [0.717, 1.165) is 6.42 Å². The first-order valence-corrected chi connectivity index (χ1v) is 12.5. The first kappa shape index (κ1) is 22.2. The molecule has 0 atom stereocenters. The van der Waals surface area contributed by atoms with Gasteiger partial charge >= 0.3 is 0 Å². The molecule has 4 aromatic rings. The van der Waals surface area contributed by atoms with Crippen LogP contribution in [-0.2, 0) is 6.42 Å². The summed E-state index contributed by atoms with van der Waals surface area (Å²) >= 11 is 0. The van der Waals surface area contributed by atoms with Gasteiger partial charge in [-0.05, 0) is 200 Å². The summed E-state index contributed by atoms with van der Waals surface area (Å²) in [7, 11) is 0. The largest absolute Gasteiger partial charge is 0.0447 e. The molecule has 0 nitrogen and oxygen atoms in total. The minimum Gasteiger partial charge on any atom is -0.0447 e. The van der Waals surface area contributed by atoms with E-state index in [1.165, 1.54) is 99.4 Å². The molecule has 0 unspecified atom stereocenters. The zero-order chi connectivity index (χ0) is 24.3. The second-order valence-corrected chi connectivity index (χ2v) is 10.9. The van der Waals surface area contributed by atoms with Gasteiger partial charge in [0.15, 0.2) is 0 Å². The summed E-state index contributed by atoms with van der Waals surface area (Å²) < 4.78 is 0. The van der Waals surface area contributed by atoms with Gasteiger partial charge in [0, 0.05) is 0 Å². The van der Waals surface area contributed by atoms with Crippen molar-refractivity contribution in [1.29, 1.82) is 0 Å². The molecule has 170 valence electrons. The van der Waals surface area contributed by atoms with E-state index in [1.807, 2.05) is 0 Å². The van der Waals surface area contributed by atoms with Gasteiger partial charge in [-0.25, -0.2) is 0 Å². The molecule has 0 spiro atoms. The van der Waals surface area contributed by atoms with E-state index in [2.05, 4.69) is 83.1 Å². The second-order valence-electron chi connectivity index (χ2n) is 10.9. The van der Waals surface area contributed by atoms with Crippen molar-refractivity contribution in [3.8, 4) is 11.1 Å². The molecular formula is C33H38. The van der Waals surface area contributed by atoms with Crippen LogP contribution in [0, 0.1) is 83.1 Å². The van der Waals surface area contributed by atoms with Crippen molar-refractivity contribution in [2.24, 2.45) is 0 Å². The van der Waals surface area contributed by atoms with E-state index in [4.69, 9.17) is 0 Å². The first-order chi connectivity index (χ1) is 15.4. The molecule has 4 aromatic carbocycles. The molecule has 0 bridgehead atoms. The van der Waals surface area contributed by atoms with Gasteiger partial charge in [0.25, 0.3) is 0 Å². The van der Waals surface area contributed by atoms with Gasteiger partial charge in [0.05, 0.1) is 0 Å². The lowest BCUT2D eigenvalue weighted by molar-refractivity contribution is 1.15. The van der Waals surface area contributed by atoms with Crippen molar-refractivity contribution in [1.82, 2.24) is 0 Å².